The van der Waals surface area contributed by atoms with Gasteiger partial charge >= 0.3 is 0 Å². The van der Waals surface area contributed by atoms with Gasteiger partial charge in [0.05, 0.1) is 0 Å². The van der Waals surface area contributed by atoms with Gasteiger partial charge in [-0.25, -0.2) is 0 Å². The van der Waals surface area contributed by atoms with Gasteiger partial charge in [0.25, 0.3) is 0 Å². The van der Waals surface area contributed by atoms with Crippen molar-refractivity contribution in [3.8, 4) is 0 Å². The number of carbonyl (C=O) groups is 1. The zero-order chi connectivity index (χ0) is 9.78. The van der Waals surface area contributed by atoms with E-state index in [1.54, 1.807) is 6.92 Å². The summed E-state index contributed by atoms with van der Waals surface area (Å²) in [5, 5.41) is 0. The predicted octanol–water partition coefficient (Wildman–Crippen LogP) is 3.43. The van der Waals surface area contributed by atoms with Crippen molar-refractivity contribution in [2.45, 2.75) is 53.9 Å². The molecule has 1 nitrogen and oxygen atoms in total. The van der Waals surface area contributed by atoms with E-state index in [9.17, 15) is 4.79 Å². The monoisotopic (exact) mass is 170 g/mol. The molecule has 0 aromatic rings. The molecule has 1 heteroatoms. The molecule has 0 spiro atoms. The van der Waals surface area contributed by atoms with E-state index in [-0.39, 0.29) is 0 Å². The van der Waals surface area contributed by atoms with Gasteiger partial charge in [-0.2, -0.15) is 0 Å². The van der Waals surface area contributed by atoms with E-state index >= 15 is 0 Å². The van der Waals surface area contributed by atoms with Crippen LogP contribution in [0.1, 0.15) is 53.9 Å². The average Bonchev–Trinajstić information content (AvgIpc) is 1.82. The van der Waals surface area contributed by atoms with E-state index in [1.165, 1.54) is 0 Å². The van der Waals surface area contributed by atoms with Gasteiger partial charge in [0.1, 0.15) is 5.78 Å². The molecular formula is C11H22O. The summed E-state index contributed by atoms with van der Waals surface area (Å²) in [5.74, 6) is 0.911. The van der Waals surface area contributed by atoms with E-state index in [4.69, 9.17) is 0 Å². The van der Waals surface area contributed by atoms with E-state index in [0.29, 0.717) is 17.1 Å². The summed E-state index contributed by atoms with van der Waals surface area (Å²) in [6.45, 7) is 10.5. The van der Waals surface area contributed by atoms with Gasteiger partial charge in [0.2, 0.25) is 0 Å². The van der Waals surface area contributed by atoms with Crippen LogP contribution in [0.3, 0.4) is 0 Å². The fourth-order valence-electron chi connectivity index (χ4n) is 1.63. The molecule has 0 rings (SSSR count). The maximum Gasteiger partial charge on any atom is 0.130 e. The third-order valence-electron chi connectivity index (χ3n) is 2.05. The summed E-state index contributed by atoms with van der Waals surface area (Å²) in [4.78, 5) is 10.9. The Morgan fingerprint density at radius 2 is 1.83 bits per heavy atom. The molecule has 0 aliphatic carbocycles. The first-order valence-electron chi connectivity index (χ1n) is 4.84. The minimum atomic E-state index is 0.325. The molecule has 0 radical (unpaired) electrons. The molecule has 0 aliphatic heterocycles. The van der Waals surface area contributed by atoms with Crippen LogP contribution in [-0.2, 0) is 4.79 Å². The number of hydrogen-bond donors (Lipinski definition) is 0. The maximum atomic E-state index is 10.9. The van der Waals surface area contributed by atoms with Gasteiger partial charge in [0, 0.05) is 6.42 Å². The van der Waals surface area contributed by atoms with Crippen LogP contribution in [0.15, 0.2) is 0 Å². The van der Waals surface area contributed by atoms with Gasteiger partial charge < -0.3 is 4.79 Å². The van der Waals surface area contributed by atoms with Crippen molar-refractivity contribution in [2.75, 3.05) is 0 Å². The lowest BCUT2D eigenvalue weighted by molar-refractivity contribution is -0.118. The Morgan fingerprint density at radius 3 is 2.08 bits per heavy atom. The van der Waals surface area contributed by atoms with Crippen LogP contribution in [0.25, 0.3) is 0 Å². The minimum absolute atomic E-state index is 0.325. The molecule has 0 amide bonds. The van der Waals surface area contributed by atoms with Crippen molar-refractivity contribution in [3.63, 3.8) is 0 Å². The first-order chi connectivity index (χ1) is 5.35. The third kappa shape index (κ3) is 6.38. The molecule has 0 aromatic heterocycles. The fourth-order valence-corrected chi connectivity index (χ4v) is 1.63. The second kappa shape index (κ2) is 4.64. The molecule has 0 saturated carbocycles. The Bertz CT molecular complexity index is 142. The fraction of sp³-hybridized carbons (Fsp3) is 0.909. The van der Waals surface area contributed by atoms with Gasteiger partial charge in [-0.15, -0.1) is 0 Å². The van der Waals surface area contributed by atoms with Crippen molar-refractivity contribution in [2.24, 2.45) is 11.3 Å². The first-order valence-corrected chi connectivity index (χ1v) is 4.84. The Labute approximate surface area is 76.6 Å². The third-order valence-corrected chi connectivity index (χ3v) is 2.05. The highest BCUT2D eigenvalue weighted by Crippen LogP contribution is 2.28. The van der Waals surface area contributed by atoms with Crippen molar-refractivity contribution in [3.05, 3.63) is 0 Å². The number of carbonyl (C=O) groups excluding carboxylic acids is 1. The molecule has 12 heavy (non-hydrogen) atoms. The molecular weight excluding hydrogens is 148 g/mol. The Balaban J connectivity index is 3.92. The van der Waals surface area contributed by atoms with Crippen LogP contribution >= 0.6 is 0 Å². The van der Waals surface area contributed by atoms with Crippen LogP contribution in [-0.4, -0.2) is 5.78 Å². The number of Topliss-reactive ketones (excluding diaryl/α,β-unsaturated/α-hetero) is 1. The molecule has 0 N–H and O–H groups in total. The SMILES string of the molecule is CCC(CC(C)=O)CC(C)(C)C. The molecule has 0 bridgehead atoms. The van der Waals surface area contributed by atoms with Gasteiger partial charge in [-0.05, 0) is 24.7 Å². The van der Waals surface area contributed by atoms with E-state index in [2.05, 4.69) is 27.7 Å². The highest BCUT2D eigenvalue weighted by Gasteiger charge is 2.18. The standard InChI is InChI=1S/C11H22O/c1-6-10(7-9(2)12)8-11(3,4)5/h10H,6-8H2,1-5H3. The number of ketones is 1. The van der Waals surface area contributed by atoms with E-state index in [0.717, 1.165) is 19.3 Å². The van der Waals surface area contributed by atoms with Crippen molar-refractivity contribution in [1.82, 2.24) is 0 Å². The number of hydrogen-bond acceptors (Lipinski definition) is 1. The lowest BCUT2D eigenvalue weighted by Gasteiger charge is -2.24. The van der Waals surface area contributed by atoms with Crippen LogP contribution in [0.4, 0.5) is 0 Å². The van der Waals surface area contributed by atoms with Crippen molar-refractivity contribution in [1.29, 1.82) is 0 Å². The highest BCUT2D eigenvalue weighted by molar-refractivity contribution is 5.75. The zero-order valence-corrected chi connectivity index (χ0v) is 9.11. The van der Waals surface area contributed by atoms with Crippen LogP contribution < -0.4 is 0 Å². The lowest BCUT2D eigenvalue weighted by Crippen LogP contribution is -2.14. The van der Waals surface area contributed by atoms with Crippen LogP contribution in [0, 0.1) is 11.3 Å². The second-order valence-corrected chi connectivity index (χ2v) is 4.95. The van der Waals surface area contributed by atoms with Gasteiger partial charge in [-0.1, -0.05) is 34.1 Å². The topological polar surface area (TPSA) is 17.1 Å². The largest absolute Gasteiger partial charge is 0.300 e. The molecule has 1 unspecified atom stereocenters. The molecule has 0 saturated heterocycles. The molecule has 72 valence electrons. The molecule has 0 aromatic carbocycles. The number of rotatable bonds is 4. The Hall–Kier alpha value is -0.330. The lowest BCUT2D eigenvalue weighted by atomic mass is 9.81. The molecule has 0 aliphatic rings. The Morgan fingerprint density at radius 1 is 1.33 bits per heavy atom. The summed E-state index contributed by atoms with van der Waals surface area (Å²) < 4.78 is 0. The van der Waals surface area contributed by atoms with Crippen molar-refractivity contribution >= 4 is 5.78 Å². The van der Waals surface area contributed by atoms with E-state index in [1.807, 2.05) is 0 Å². The Kier molecular flexibility index (Phi) is 4.51. The molecule has 1 atom stereocenters. The van der Waals surface area contributed by atoms with Gasteiger partial charge in [-0.3, -0.25) is 0 Å². The van der Waals surface area contributed by atoms with Crippen molar-refractivity contribution < 1.29 is 4.79 Å². The minimum Gasteiger partial charge on any atom is -0.300 e. The van der Waals surface area contributed by atoms with Crippen LogP contribution in [0.5, 0.6) is 0 Å². The second-order valence-electron chi connectivity index (χ2n) is 4.95. The maximum absolute atomic E-state index is 10.9. The zero-order valence-electron chi connectivity index (χ0n) is 9.11. The molecule has 0 heterocycles. The summed E-state index contributed by atoms with van der Waals surface area (Å²) in [6, 6.07) is 0. The molecule has 0 fully saturated rings. The highest BCUT2D eigenvalue weighted by atomic mass is 16.1. The van der Waals surface area contributed by atoms with Crippen LogP contribution in [0.2, 0.25) is 0 Å². The average molecular weight is 170 g/mol. The summed E-state index contributed by atoms with van der Waals surface area (Å²) in [6.07, 6.45) is 3.04. The quantitative estimate of drug-likeness (QED) is 0.631. The smallest absolute Gasteiger partial charge is 0.130 e. The summed E-state index contributed by atoms with van der Waals surface area (Å²) in [5.41, 5.74) is 0.357. The summed E-state index contributed by atoms with van der Waals surface area (Å²) in [7, 11) is 0. The summed E-state index contributed by atoms with van der Waals surface area (Å²) >= 11 is 0. The predicted molar refractivity (Wildman–Crippen MR) is 53.2 cm³/mol. The van der Waals surface area contributed by atoms with Gasteiger partial charge in [0.15, 0.2) is 0 Å². The first kappa shape index (κ1) is 11.7. The van der Waals surface area contributed by atoms with E-state index < -0.39 is 0 Å². The normalized spacial score (nSPS) is 14.4.